The molecule has 0 aliphatic carbocycles. The molecule has 0 amide bonds. The highest BCUT2D eigenvalue weighted by Gasteiger charge is 1.94. The molecule has 0 radical (unpaired) electrons. The van der Waals surface area contributed by atoms with Gasteiger partial charge in [0.25, 0.3) is 0 Å². The number of ether oxygens (including phenoxy) is 1. The molecule has 0 saturated carbocycles. The summed E-state index contributed by atoms with van der Waals surface area (Å²) in [6.45, 7) is 2.24. The summed E-state index contributed by atoms with van der Waals surface area (Å²) in [6, 6.07) is 0. The SMILES string of the molecule is CCCCCCCCCC#C/C=C/CCC(=O)OC. The predicted molar refractivity (Wildman–Crippen MR) is 80.8 cm³/mol. The van der Waals surface area contributed by atoms with Gasteiger partial charge in [0.15, 0.2) is 0 Å². The van der Waals surface area contributed by atoms with E-state index in [4.69, 9.17) is 0 Å². The zero-order valence-electron chi connectivity index (χ0n) is 12.5. The van der Waals surface area contributed by atoms with Crippen molar-refractivity contribution in [2.45, 2.75) is 71.1 Å². The van der Waals surface area contributed by atoms with E-state index in [-0.39, 0.29) is 5.97 Å². The fourth-order valence-corrected chi connectivity index (χ4v) is 1.75. The van der Waals surface area contributed by atoms with Crippen LogP contribution < -0.4 is 0 Å². The number of rotatable bonds is 10. The molecule has 0 aromatic rings. The second kappa shape index (κ2) is 14.8. The number of methoxy groups -OCH3 is 1. The molecule has 0 aliphatic heterocycles. The molecule has 0 rings (SSSR count). The first-order valence-electron chi connectivity index (χ1n) is 7.51. The van der Waals surface area contributed by atoms with Crippen LogP contribution in [0.1, 0.15) is 71.1 Å². The van der Waals surface area contributed by atoms with E-state index in [0.717, 1.165) is 6.42 Å². The molecule has 0 aromatic heterocycles. The van der Waals surface area contributed by atoms with Crippen LogP contribution in [-0.2, 0) is 9.53 Å². The number of unbranched alkanes of at least 4 members (excludes halogenated alkanes) is 7. The van der Waals surface area contributed by atoms with E-state index >= 15 is 0 Å². The van der Waals surface area contributed by atoms with E-state index in [9.17, 15) is 4.79 Å². The standard InChI is InChI=1S/C17H28O2/c1-3-4-5-6-7-8-9-10-11-12-13-14-15-16-17(18)19-2/h13-14H,3-10,15-16H2,1-2H3/b14-13+. The summed E-state index contributed by atoms with van der Waals surface area (Å²) in [6.07, 6.45) is 15.2. The van der Waals surface area contributed by atoms with Crippen LogP contribution in [0, 0.1) is 11.8 Å². The zero-order valence-corrected chi connectivity index (χ0v) is 12.5. The Balaban J connectivity index is 3.30. The minimum absolute atomic E-state index is 0.166. The van der Waals surface area contributed by atoms with Gasteiger partial charge in [-0.3, -0.25) is 4.79 Å². The lowest BCUT2D eigenvalue weighted by Gasteiger charge is -1.97. The Bertz CT molecular complexity index is 294. The lowest BCUT2D eigenvalue weighted by Crippen LogP contribution is -1.97. The van der Waals surface area contributed by atoms with Crippen molar-refractivity contribution in [1.29, 1.82) is 0 Å². The second-order valence-electron chi connectivity index (χ2n) is 4.71. The molecule has 2 nitrogen and oxygen atoms in total. The largest absolute Gasteiger partial charge is 0.469 e. The fourth-order valence-electron chi connectivity index (χ4n) is 1.75. The Morgan fingerprint density at radius 1 is 1.11 bits per heavy atom. The van der Waals surface area contributed by atoms with E-state index < -0.39 is 0 Å². The Kier molecular flexibility index (Phi) is 13.9. The van der Waals surface area contributed by atoms with Crippen molar-refractivity contribution < 1.29 is 9.53 Å². The molecule has 0 aliphatic rings. The van der Waals surface area contributed by atoms with Gasteiger partial charge in [0.05, 0.1) is 7.11 Å². The van der Waals surface area contributed by atoms with Gasteiger partial charge in [0.1, 0.15) is 0 Å². The third kappa shape index (κ3) is 14.7. The van der Waals surface area contributed by atoms with E-state index in [2.05, 4.69) is 23.5 Å². The van der Waals surface area contributed by atoms with Crippen molar-refractivity contribution in [2.75, 3.05) is 7.11 Å². The van der Waals surface area contributed by atoms with Gasteiger partial charge < -0.3 is 4.74 Å². The van der Waals surface area contributed by atoms with Crippen LogP contribution in [0.5, 0.6) is 0 Å². The Morgan fingerprint density at radius 2 is 1.79 bits per heavy atom. The monoisotopic (exact) mass is 264 g/mol. The number of hydrogen-bond donors (Lipinski definition) is 0. The number of allylic oxidation sites excluding steroid dienone is 2. The molecular formula is C17H28O2. The molecule has 0 bridgehead atoms. The molecule has 0 heterocycles. The van der Waals surface area contributed by atoms with Crippen molar-refractivity contribution in [3.8, 4) is 11.8 Å². The smallest absolute Gasteiger partial charge is 0.305 e. The van der Waals surface area contributed by atoms with Gasteiger partial charge in [0, 0.05) is 12.8 Å². The molecule has 0 N–H and O–H groups in total. The average molecular weight is 264 g/mol. The van der Waals surface area contributed by atoms with Crippen LogP contribution in [0.4, 0.5) is 0 Å². The summed E-state index contributed by atoms with van der Waals surface area (Å²) in [5.74, 6) is 5.98. The number of hydrogen-bond acceptors (Lipinski definition) is 2. The maximum atomic E-state index is 10.8. The van der Waals surface area contributed by atoms with Gasteiger partial charge in [-0.05, 0) is 18.9 Å². The van der Waals surface area contributed by atoms with Crippen molar-refractivity contribution in [1.82, 2.24) is 0 Å². The first-order valence-corrected chi connectivity index (χ1v) is 7.51. The van der Waals surface area contributed by atoms with E-state index in [1.807, 2.05) is 12.2 Å². The Hall–Kier alpha value is -1.23. The first kappa shape index (κ1) is 17.8. The van der Waals surface area contributed by atoms with Gasteiger partial charge in [-0.25, -0.2) is 0 Å². The van der Waals surface area contributed by atoms with Crippen molar-refractivity contribution >= 4 is 5.97 Å². The summed E-state index contributed by atoms with van der Waals surface area (Å²) in [7, 11) is 1.41. The van der Waals surface area contributed by atoms with Crippen molar-refractivity contribution in [2.24, 2.45) is 0 Å². The quantitative estimate of drug-likeness (QED) is 0.326. The topological polar surface area (TPSA) is 26.3 Å². The third-order valence-corrected chi connectivity index (χ3v) is 2.95. The molecule has 0 spiro atoms. The highest BCUT2D eigenvalue weighted by molar-refractivity contribution is 5.69. The summed E-state index contributed by atoms with van der Waals surface area (Å²) >= 11 is 0. The second-order valence-corrected chi connectivity index (χ2v) is 4.71. The normalized spacial score (nSPS) is 10.2. The van der Waals surface area contributed by atoms with Crippen LogP contribution in [0.15, 0.2) is 12.2 Å². The zero-order chi connectivity index (χ0) is 14.2. The van der Waals surface area contributed by atoms with Gasteiger partial charge in [-0.15, -0.1) is 0 Å². The van der Waals surface area contributed by atoms with Gasteiger partial charge >= 0.3 is 5.97 Å². The molecule has 0 aromatic carbocycles. The average Bonchev–Trinajstić information content (AvgIpc) is 2.43. The van der Waals surface area contributed by atoms with Crippen LogP contribution in [-0.4, -0.2) is 13.1 Å². The fraction of sp³-hybridized carbons (Fsp3) is 0.706. The molecule has 0 atom stereocenters. The summed E-state index contributed by atoms with van der Waals surface area (Å²) in [5, 5.41) is 0. The summed E-state index contributed by atoms with van der Waals surface area (Å²) in [5.41, 5.74) is 0. The van der Waals surface area contributed by atoms with E-state index in [1.165, 1.54) is 52.1 Å². The molecule has 2 heteroatoms. The molecule has 0 unspecified atom stereocenters. The lowest BCUT2D eigenvalue weighted by atomic mass is 10.1. The number of esters is 1. The maximum absolute atomic E-state index is 10.8. The molecular weight excluding hydrogens is 236 g/mol. The molecule has 0 fully saturated rings. The van der Waals surface area contributed by atoms with Gasteiger partial charge in [0.2, 0.25) is 0 Å². The maximum Gasteiger partial charge on any atom is 0.305 e. The number of carbonyl (C=O) groups excluding carboxylic acids is 1. The van der Waals surface area contributed by atoms with E-state index in [0.29, 0.717) is 12.8 Å². The molecule has 0 saturated heterocycles. The van der Waals surface area contributed by atoms with Crippen LogP contribution in [0.25, 0.3) is 0 Å². The minimum atomic E-state index is -0.166. The van der Waals surface area contributed by atoms with Gasteiger partial charge in [-0.2, -0.15) is 0 Å². The number of carbonyl (C=O) groups is 1. The Morgan fingerprint density at radius 3 is 2.47 bits per heavy atom. The first-order chi connectivity index (χ1) is 9.31. The molecule has 108 valence electrons. The molecule has 19 heavy (non-hydrogen) atoms. The highest BCUT2D eigenvalue weighted by Crippen LogP contribution is 2.07. The lowest BCUT2D eigenvalue weighted by molar-refractivity contribution is -0.140. The van der Waals surface area contributed by atoms with Gasteiger partial charge in [-0.1, -0.05) is 63.4 Å². The highest BCUT2D eigenvalue weighted by atomic mass is 16.5. The van der Waals surface area contributed by atoms with Crippen LogP contribution in [0.3, 0.4) is 0 Å². The minimum Gasteiger partial charge on any atom is -0.469 e. The predicted octanol–water partition coefficient (Wildman–Crippen LogP) is 4.64. The van der Waals surface area contributed by atoms with Crippen molar-refractivity contribution in [3.05, 3.63) is 12.2 Å². The Labute approximate surface area is 118 Å². The van der Waals surface area contributed by atoms with Crippen LogP contribution in [0.2, 0.25) is 0 Å². The third-order valence-electron chi connectivity index (χ3n) is 2.95. The summed E-state index contributed by atoms with van der Waals surface area (Å²) in [4.78, 5) is 10.8. The summed E-state index contributed by atoms with van der Waals surface area (Å²) < 4.78 is 4.55. The van der Waals surface area contributed by atoms with E-state index in [1.54, 1.807) is 0 Å². The van der Waals surface area contributed by atoms with Crippen LogP contribution >= 0.6 is 0 Å². The van der Waals surface area contributed by atoms with Crippen molar-refractivity contribution in [3.63, 3.8) is 0 Å².